The van der Waals surface area contributed by atoms with Gasteiger partial charge in [0.15, 0.2) is 0 Å². The minimum Gasteiger partial charge on any atom is -0.461 e. The molecule has 0 amide bonds. The van der Waals surface area contributed by atoms with E-state index in [2.05, 4.69) is 24.5 Å². The Morgan fingerprint density at radius 2 is 2.12 bits per heavy atom. The zero-order valence-electron chi connectivity index (χ0n) is 9.64. The predicted octanol–water partition coefficient (Wildman–Crippen LogP) is 2.58. The van der Waals surface area contributed by atoms with Crippen LogP contribution in [0.25, 0.3) is 5.70 Å². The van der Waals surface area contributed by atoms with Gasteiger partial charge in [-0.25, -0.2) is 4.79 Å². The molecule has 17 heavy (non-hydrogen) atoms. The maximum atomic E-state index is 11.4. The van der Waals surface area contributed by atoms with Gasteiger partial charge < -0.3 is 10.1 Å². The molecule has 0 aromatic heterocycles. The number of hydrogen-bond donors (Lipinski definition) is 2. The first-order chi connectivity index (χ1) is 8.19. The standard InChI is InChI=1S/C13H15NO2S/c1-3-16-13(15)10(2)14-12(9-17)11-7-5-4-6-8-11/h4-9,14,17H,2-3H2,1H3/b12-9-. The quantitative estimate of drug-likeness (QED) is 0.478. The molecule has 3 nitrogen and oxygen atoms in total. The molecule has 90 valence electrons. The number of ether oxygens (including phenoxy) is 1. The van der Waals surface area contributed by atoms with Gasteiger partial charge >= 0.3 is 5.97 Å². The Labute approximate surface area is 107 Å². The monoisotopic (exact) mass is 249 g/mol. The summed E-state index contributed by atoms with van der Waals surface area (Å²) in [4.78, 5) is 11.4. The third-order valence-corrected chi connectivity index (χ3v) is 2.28. The number of esters is 1. The normalized spacial score (nSPS) is 10.8. The first-order valence-corrected chi connectivity index (χ1v) is 5.73. The molecule has 0 aliphatic heterocycles. The lowest BCUT2D eigenvalue weighted by Gasteiger charge is -2.11. The van der Waals surface area contributed by atoms with Gasteiger partial charge in [-0.05, 0) is 17.9 Å². The predicted molar refractivity (Wildman–Crippen MR) is 72.3 cm³/mol. The molecule has 0 radical (unpaired) electrons. The molecule has 0 aliphatic carbocycles. The van der Waals surface area contributed by atoms with E-state index in [-0.39, 0.29) is 5.70 Å². The maximum Gasteiger partial charge on any atom is 0.354 e. The molecule has 0 fully saturated rings. The molecular weight excluding hydrogens is 234 g/mol. The van der Waals surface area contributed by atoms with Gasteiger partial charge in [-0.1, -0.05) is 36.9 Å². The van der Waals surface area contributed by atoms with E-state index >= 15 is 0 Å². The number of hydrogen-bond acceptors (Lipinski definition) is 4. The summed E-state index contributed by atoms with van der Waals surface area (Å²) < 4.78 is 4.83. The van der Waals surface area contributed by atoms with Crippen LogP contribution in [0, 0.1) is 0 Å². The Kier molecular flexibility index (Phi) is 5.36. The first kappa shape index (κ1) is 13.4. The number of benzene rings is 1. The Morgan fingerprint density at radius 3 is 2.65 bits per heavy atom. The fourth-order valence-corrected chi connectivity index (χ4v) is 1.44. The fraction of sp³-hybridized carbons (Fsp3) is 0.154. The van der Waals surface area contributed by atoms with E-state index in [0.29, 0.717) is 12.3 Å². The van der Waals surface area contributed by atoms with Crippen molar-refractivity contribution >= 4 is 24.3 Å². The van der Waals surface area contributed by atoms with Gasteiger partial charge in [0.1, 0.15) is 5.70 Å². The highest BCUT2D eigenvalue weighted by molar-refractivity contribution is 7.83. The molecule has 0 saturated carbocycles. The molecule has 1 aromatic carbocycles. The molecule has 0 bridgehead atoms. The summed E-state index contributed by atoms with van der Waals surface area (Å²) in [7, 11) is 0. The number of nitrogens with one attached hydrogen (secondary N) is 1. The second-order valence-corrected chi connectivity index (χ2v) is 3.49. The molecule has 1 aromatic rings. The van der Waals surface area contributed by atoms with Crippen LogP contribution in [-0.4, -0.2) is 12.6 Å². The van der Waals surface area contributed by atoms with Crippen LogP contribution in [0.1, 0.15) is 12.5 Å². The zero-order valence-corrected chi connectivity index (χ0v) is 10.5. The molecular formula is C13H15NO2S. The molecule has 0 saturated heterocycles. The summed E-state index contributed by atoms with van der Waals surface area (Å²) in [6, 6.07) is 9.55. The Bertz CT molecular complexity index is 426. The summed E-state index contributed by atoms with van der Waals surface area (Å²) >= 11 is 4.10. The minimum atomic E-state index is -0.462. The third kappa shape index (κ3) is 4.00. The summed E-state index contributed by atoms with van der Waals surface area (Å²) in [5.41, 5.74) is 1.82. The third-order valence-electron chi connectivity index (χ3n) is 2.02. The van der Waals surface area contributed by atoms with Crippen molar-refractivity contribution < 1.29 is 9.53 Å². The van der Waals surface area contributed by atoms with E-state index in [1.165, 1.54) is 0 Å². The van der Waals surface area contributed by atoms with Gasteiger partial charge in [-0.15, -0.1) is 12.6 Å². The summed E-state index contributed by atoms with van der Waals surface area (Å²) in [6.07, 6.45) is 0. The lowest BCUT2D eigenvalue weighted by atomic mass is 10.2. The smallest absolute Gasteiger partial charge is 0.354 e. The molecule has 0 atom stereocenters. The zero-order chi connectivity index (χ0) is 12.7. The van der Waals surface area contributed by atoms with Crippen molar-refractivity contribution in [3.63, 3.8) is 0 Å². The molecule has 0 spiro atoms. The van der Waals surface area contributed by atoms with Gasteiger partial charge in [-0.3, -0.25) is 0 Å². The van der Waals surface area contributed by atoms with Crippen molar-refractivity contribution in [3.8, 4) is 0 Å². The maximum absolute atomic E-state index is 11.4. The van der Waals surface area contributed by atoms with Gasteiger partial charge in [0, 0.05) is 0 Å². The molecule has 0 heterocycles. The van der Waals surface area contributed by atoms with Crippen molar-refractivity contribution in [2.75, 3.05) is 6.61 Å². The first-order valence-electron chi connectivity index (χ1n) is 5.22. The van der Waals surface area contributed by atoms with Gasteiger partial charge in [0.2, 0.25) is 0 Å². The number of thiol groups is 1. The van der Waals surface area contributed by atoms with Crippen molar-refractivity contribution in [1.29, 1.82) is 0 Å². The van der Waals surface area contributed by atoms with Crippen molar-refractivity contribution in [3.05, 3.63) is 53.6 Å². The Balaban J connectivity index is 2.73. The highest BCUT2D eigenvalue weighted by Gasteiger charge is 2.09. The summed E-state index contributed by atoms with van der Waals surface area (Å²) in [5, 5.41) is 4.47. The second-order valence-electron chi connectivity index (χ2n) is 3.23. The average molecular weight is 249 g/mol. The Hall–Kier alpha value is -1.68. The lowest BCUT2D eigenvalue weighted by Crippen LogP contribution is -2.20. The van der Waals surface area contributed by atoms with Crippen molar-refractivity contribution in [2.24, 2.45) is 0 Å². The highest BCUT2D eigenvalue weighted by Crippen LogP contribution is 2.13. The average Bonchev–Trinajstić information content (AvgIpc) is 2.37. The van der Waals surface area contributed by atoms with E-state index < -0.39 is 5.97 Å². The molecule has 4 heteroatoms. The van der Waals surface area contributed by atoms with E-state index in [1.807, 2.05) is 30.3 Å². The van der Waals surface area contributed by atoms with Crippen LogP contribution in [0.4, 0.5) is 0 Å². The SMILES string of the molecule is C=C(N/C(=C\S)c1ccccc1)C(=O)OCC. The van der Waals surface area contributed by atoms with Crippen LogP contribution < -0.4 is 5.32 Å². The fourth-order valence-electron chi connectivity index (χ4n) is 1.23. The van der Waals surface area contributed by atoms with E-state index in [4.69, 9.17) is 4.74 Å². The van der Waals surface area contributed by atoms with Crippen LogP contribution in [0.15, 0.2) is 48.0 Å². The molecule has 1 N–H and O–H groups in total. The molecule has 0 unspecified atom stereocenters. The van der Waals surface area contributed by atoms with Crippen LogP contribution in [0.5, 0.6) is 0 Å². The number of carbonyl (C=O) groups is 1. The van der Waals surface area contributed by atoms with Gasteiger partial charge in [0.25, 0.3) is 0 Å². The topological polar surface area (TPSA) is 38.3 Å². The largest absolute Gasteiger partial charge is 0.461 e. The van der Waals surface area contributed by atoms with E-state index in [1.54, 1.807) is 12.3 Å². The number of carbonyl (C=O) groups excluding carboxylic acids is 1. The second kappa shape index (κ2) is 6.81. The van der Waals surface area contributed by atoms with Crippen LogP contribution in [-0.2, 0) is 9.53 Å². The molecule has 1 rings (SSSR count). The Morgan fingerprint density at radius 1 is 1.47 bits per heavy atom. The molecule has 0 aliphatic rings. The van der Waals surface area contributed by atoms with E-state index in [0.717, 1.165) is 5.56 Å². The highest BCUT2D eigenvalue weighted by atomic mass is 32.1. The van der Waals surface area contributed by atoms with Crippen molar-refractivity contribution in [1.82, 2.24) is 5.32 Å². The van der Waals surface area contributed by atoms with Crippen LogP contribution in [0.2, 0.25) is 0 Å². The summed E-state index contributed by atoms with van der Waals surface area (Å²) in [6.45, 7) is 5.70. The van der Waals surface area contributed by atoms with Crippen molar-refractivity contribution in [2.45, 2.75) is 6.92 Å². The number of rotatable bonds is 5. The lowest BCUT2D eigenvalue weighted by molar-refractivity contribution is -0.138. The van der Waals surface area contributed by atoms with Gasteiger partial charge in [0.05, 0.1) is 12.3 Å². The minimum absolute atomic E-state index is 0.191. The van der Waals surface area contributed by atoms with E-state index in [9.17, 15) is 4.79 Å². The van der Waals surface area contributed by atoms with Gasteiger partial charge in [-0.2, -0.15) is 0 Å². The van der Waals surface area contributed by atoms with Crippen LogP contribution in [0.3, 0.4) is 0 Å². The van der Waals surface area contributed by atoms with Crippen LogP contribution >= 0.6 is 12.6 Å². The summed E-state index contributed by atoms with van der Waals surface area (Å²) in [5.74, 6) is -0.462.